The number of hydrogen-bond donors (Lipinski definition) is 1. The van der Waals surface area contributed by atoms with Crippen LogP contribution in [0.3, 0.4) is 0 Å². The zero-order chi connectivity index (χ0) is 23.4. The molecule has 0 atom stereocenters. The van der Waals surface area contributed by atoms with E-state index in [2.05, 4.69) is 10.4 Å². The van der Waals surface area contributed by atoms with Gasteiger partial charge in [0.1, 0.15) is 5.75 Å². The molecule has 0 aliphatic carbocycles. The van der Waals surface area contributed by atoms with Gasteiger partial charge in [0.25, 0.3) is 11.6 Å². The molecule has 4 rings (SSSR count). The molecule has 2 aromatic carbocycles. The molecular weight excluding hydrogens is 426 g/mol. The number of aromatic nitrogens is 2. The van der Waals surface area contributed by atoms with Crippen molar-refractivity contribution < 1.29 is 19.2 Å². The third-order valence-electron chi connectivity index (χ3n) is 5.63. The lowest BCUT2D eigenvalue weighted by Crippen LogP contribution is -2.41. The van der Waals surface area contributed by atoms with E-state index in [1.165, 1.54) is 16.8 Å². The average Bonchev–Trinajstić information content (AvgIpc) is 3.34. The summed E-state index contributed by atoms with van der Waals surface area (Å²) in [5.41, 5.74) is 1.31. The monoisotopic (exact) mass is 449 g/mol. The summed E-state index contributed by atoms with van der Waals surface area (Å²) in [6.07, 6.45) is 2.68. The molecule has 1 saturated heterocycles. The van der Waals surface area contributed by atoms with Crippen molar-refractivity contribution >= 4 is 23.2 Å². The van der Waals surface area contributed by atoms with Crippen LogP contribution in [0.25, 0.3) is 5.69 Å². The van der Waals surface area contributed by atoms with Crippen molar-refractivity contribution in [3.8, 4) is 11.4 Å². The first kappa shape index (κ1) is 22.0. The van der Waals surface area contributed by atoms with E-state index >= 15 is 0 Å². The number of carbonyl (C=O) groups is 2. The number of ether oxygens (including phenoxy) is 1. The highest BCUT2D eigenvalue weighted by Crippen LogP contribution is 2.26. The fraction of sp³-hybridized carbons (Fsp3) is 0.261. The molecule has 0 unspecified atom stereocenters. The van der Waals surface area contributed by atoms with Gasteiger partial charge >= 0.3 is 0 Å². The van der Waals surface area contributed by atoms with Gasteiger partial charge in [-0.25, -0.2) is 4.68 Å². The zero-order valence-electron chi connectivity index (χ0n) is 18.0. The summed E-state index contributed by atoms with van der Waals surface area (Å²) in [4.78, 5) is 37.8. The van der Waals surface area contributed by atoms with Gasteiger partial charge in [-0.15, -0.1) is 0 Å². The molecule has 10 heteroatoms. The van der Waals surface area contributed by atoms with E-state index in [1.807, 2.05) is 12.1 Å². The van der Waals surface area contributed by atoms with Crippen LogP contribution in [0.4, 0.5) is 11.4 Å². The molecule has 33 heavy (non-hydrogen) atoms. The highest BCUT2D eigenvalue weighted by molar-refractivity contribution is 5.95. The maximum atomic E-state index is 12.9. The Hall–Kier alpha value is -4.21. The van der Waals surface area contributed by atoms with Crippen molar-refractivity contribution in [2.24, 2.45) is 5.92 Å². The first-order chi connectivity index (χ1) is 16.0. The van der Waals surface area contributed by atoms with Crippen LogP contribution in [-0.2, 0) is 4.79 Å². The van der Waals surface area contributed by atoms with Crippen LogP contribution in [-0.4, -0.2) is 51.6 Å². The van der Waals surface area contributed by atoms with Gasteiger partial charge in [-0.2, -0.15) is 5.10 Å². The number of likely N-dealkylation sites (tertiary alicyclic amines) is 1. The number of amides is 2. The molecule has 1 aromatic heterocycles. The molecule has 1 aliphatic rings. The van der Waals surface area contributed by atoms with Crippen LogP contribution < -0.4 is 10.1 Å². The number of piperidine rings is 1. The van der Waals surface area contributed by atoms with Crippen molar-refractivity contribution in [1.29, 1.82) is 0 Å². The molecule has 1 fully saturated rings. The Morgan fingerprint density at radius 1 is 1.12 bits per heavy atom. The Morgan fingerprint density at radius 2 is 1.88 bits per heavy atom. The first-order valence-electron chi connectivity index (χ1n) is 10.5. The van der Waals surface area contributed by atoms with E-state index in [9.17, 15) is 19.7 Å². The van der Waals surface area contributed by atoms with E-state index in [1.54, 1.807) is 48.5 Å². The lowest BCUT2D eigenvalue weighted by molar-refractivity contribution is -0.384. The lowest BCUT2D eigenvalue weighted by atomic mass is 9.95. The maximum Gasteiger partial charge on any atom is 0.274 e. The molecule has 0 bridgehead atoms. The lowest BCUT2D eigenvalue weighted by Gasteiger charge is -2.31. The molecule has 1 aliphatic heterocycles. The number of nitrogens with one attached hydrogen (secondary N) is 1. The van der Waals surface area contributed by atoms with Gasteiger partial charge in [-0.3, -0.25) is 19.7 Å². The Kier molecular flexibility index (Phi) is 6.34. The predicted octanol–water partition coefficient (Wildman–Crippen LogP) is 3.28. The van der Waals surface area contributed by atoms with Crippen molar-refractivity contribution in [2.45, 2.75) is 12.8 Å². The van der Waals surface area contributed by atoms with Crippen LogP contribution in [0.15, 0.2) is 60.8 Å². The van der Waals surface area contributed by atoms with Crippen molar-refractivity contribution in [3.63, 3.8) is 0 Å². The SMILES string of the molecule is COc1ccccc1NC(=O)C1CCN(C(=O)c2ccn(-c3cccc([N+](=O)[O-])c3)n2)CC1. The Balaban J connectivity index is 1.36. The Bertz CT molecular complexity index is 1180. The molecule has 0 radical (unpaired) electrons. The number of methoxy groups -OCH3 is 1. The van der Waals surface area contributed by atoms with Gasteiger partial charge in [0.15, 0.2) is 5.69 Å². The largest absolute Gasteiger partial charge is 0.495 e. The summed E-state index contributed by atoms with van der Waals surface area (Å²) in [6, 6.07) is 14.8. The molecule has 10 nitrogen and oxygen atoms in total. The number of para-hydroxylation sites is 2. The third-order valence-corrected chi connectivity index (χ3v) is 5.63. The number of hydrogen-bond acceptors (Lipinski definition) is 6. The van der Waals surface area contributed by atoms with Gasteiger partial charge in [-0.05, 0) is 37.1 Å². The van der Waals surface area contributed by atoms with E-state index in [4.69, 9.17) is 4.74 Å². The maximum absolute atomic E-state index is 12.9. The number of nitro groups is 1. The molecule has 0 saturated carbocycles. The van der Waals surface area contributed by atoms with Gasteiger partial charge in [0.05, 0.1) is 23.4 Å². The zero-order valence-corrected chi connectivity index (χ0v) is 18.0. The minimum absolute atomic E-state index is 0.0515. The Morgan fingerprint density at radius 3 is 2.61 bits per heavy atom. The summed E-state index contributed by atoms with van der Waals surface area (Å²) >= 11 is 0. The minimum Gasteiger partial charge on any atom is -0.495 e. The molecule has 2 amide bonds. The van der Waals surface area contributed by atoms with E-state index in [-0.39, 0.29) is 29.1 Å². The van der Waals surface area contributed by atoms with Crippen LogP contribution in [0.2, 0.25) is 0 Å². The van der Waals surface area contributed by atoms with Crippen LogP contribution in [0.5, 0.6) is 5.75 Å². The van der Waals surface area contributed by atoms with Crippen LogP contribution >= 0.6 is 0 Å². The van der Waals surface area contributed by atoms with Crippen molar-refractivity contribution in [2.75, 3.05) is 25.5 Å². The number of rotatable bonds is 6. The average molecular weight is 449 g/mol. The molecule has 1 N–H and O–H groups in total. The predicted molar refractivity (Wildman–Crippen MR) is 120 cm³/mol. The molecule has 0 spiro atoms. The van der Waals surface area contributed by atoms with Gasteiger partial charge in [-0.1, -0.05) is 18.2 Å². The number of carbonyl (C=O) groups excluding carboxylic acids is 2. The van der Waals surface area contributed by atoms with E-state index < -0.39 is 4.92 Å². The second kappa shape index (κ2) is 9.51. The molecule has 3 aromatic rings. The van der Waals surface area contributed by atoms with Gasteiger partial charge in [0, 0.05) is 37.3 Å². The minimum atomic E-state index is -0.479. The second-order valence-electron chi connectivity index (χ2n) is 7.68. The van der Waals surface area contributed by atoms with Gasteiger partial charge in [0.2, 0.25) is 5.91 Å². The normalized spacial score (nSPS) is 14.0. The van der Waals surface area contributed by atoms with Gasteiger partial charge < -0.3 is 15.0 Å². The van der Waals surface area contributed by atoms with E-state index in [0.717, 1.165) is 0 Å². The van der Waals surface area contributed by atoms with Crippen molar-refractivity contribution in [1.82, 2.24) is 14.7 Å². The van der Waals surface area contributed by atoms with Crippen LogP contribution in [0, 0.1) is 16.0 Å². The summed E-state index contributed by atoms with van der Waals surface area (Å²) < 4.78 is 6.71. The quantitative estimate of drug-likeness (QED) is 0.456. The summed E-state index contributed by atoms with van der Waals surface area (Å²) in [6.45, 7) is 0.874. The first-order valence-corrected chi connectivity index (χ1v) is 10.5. The highest BCUT2D eigenvalue weighted by atomic mass is 16.6. The topological polar surface area (TPSA) is 120 Å². The standard InChI is InChI=1S/C23H23N5O5/c1-33-21-8-3-2-7-19(21)24-22(29)16-9-12-26(13-10-16)23(30)20-11-14-27(25-20)17-5-4-6-18(15-17)28(31)32/h2-8,11,14-16H,9-10,12-13H2,1H3,(H,24,29). The van der Waals surface area contributed by atoms with E-state index in [0.29, 0.717) is 43.1 Å². The summed E-state index contributed by atoms with van der Waals surface area (Å²) in [7, 11) is 1.55. The third kappa shape index (κ3) is 4.84. The summed E-state index contributed by atoms with van der Waals surface area (Å²) in [5.74, 6) is 0.0588. The second-order valence-corrected chi connectivity index (χ2v) is 7.68. The highest BCUT2D eigenvalue weighted by Gasteiger charge is 2.29. The number of anilines is 1. The number of non-ortho nitro benzene ring substituents is 1. The number of nitro benzene ring substituents is 1. The fourth-order valence-corrected chi connectivity index (χ4v) is 3.82. The number of benzene rings is 2. The summed E-state index contributed by atoms with van der Waals surface area (Å²) in [5, 5.41) is 18.2. The number of nitrogens with zero attached hydrogens (tertiary/aromatic N) is 4. The molecular formula is C23H23N5O5. The molecule has 2 heterocycles. The smallest absolute Gasteiger partial charge is 0.274 e. The Labute approximate surface area is 189 Å². The molecule has 170 valence electrons. The fourth-order valence-electron chi connectivity index (χ4n) is 3.82. The van der Waals surface area contributed by atoms with Crippen molar-refractivity contribution in [3.05, 3.63) is 76.6 Å². The van der Waals surface area contributed by atoms with Crippen LogP contribution in [0.1, 0.15) is 23.3 Å².